The maximum atomic E-state index is 4.81. The molecule has 6 heteroatoms. The third-order valence-electron chi connectivity index (χ3n) is 5.91. The summed E-state index contributed by atoms with van der Waals surface area (Å²) >= 11 is 0. The van der Waals surface area contributed by atoms with Crippen molar-refractivity contribution in [3.05, 3.63) is 12.3 Å². The van der Waals surface area contributed by atoms with Gasteiger partial charge in [-0.05, 0) is 44.7 Å². The summed E-state index contributed by atoms with van der Waals surface area (Å²) in [6.45, 7) is 6.89. The Hall–Kier alpha value is -1.40. The molecule has 0 saturated carbocycles. The van der Waals surface area contributed by atoms with Gasteiger partial charge in [0.2, 0.25) is 5.95 Å². The Balaban J connectivity index is 1.34. The first kappa shape index (κ1) is 17.0. The van der Waals surface area contributed by atoms with Gasteiger partial charge in [0.25, 0.3) is 0 Å². The molecule has 6 nitrogen and oxygen atoms in total. The van der Waals surface area contributed by atoms with Crippen molar-refractivity contribution < 1.29 is 0 Å². The predicted molar refractivity (Wildman–Crippen MR) is 102 cm³/mol. The van der Waals surface area contributed by atoms with Crippen LogP contribution in [0.4, 0.5) is 11.8 Å². The van der Waals surface area contributed by atoms with E-state index in [1.165, 1.54) is 58.0 Å². The van der Waals surface area contributed by atoms with E-state index in [1.54, 1.807) is 0 Å². The highest BCUT2D eigenvalue weighted by atomic mass is 15.3. The molecule has 2 atom stereocenters. The zero-order chi connectivity index (χ0) is 16.9. The first-order valence-electron chi connectivity index (χ1n) is 10.2. The van der Waals surface area contributed by atoms with Gasteiger partial charge in [0.15, 0.2) is 0 Å². The molecule has 0 radical (unpaired) electrons. The number of likely N-dealkylation sites (tertiary alicyclic amines) is 1. The normalized spacial score (nSPS) is 28.7. The highest BCUT2D eigenvalue weighted by Crippen LogP contribution is 2.21. The second kappa shape index (κ2) is 8.32. The number of aromatic nitrogens is 2. The van der Waals surface area contributed by atoms with Gasteiger partial charge in [-0.2, -0.15) is 4.98 Å². The van der Waals surface area contributed by atoms with Gasteiger partial charge in [0.1, 0.15) is 5.82 Å². The van der Waals surface area contributed by atoms with Crippen molar-refractivity contribution in [2.45, 2.75) is 57.0 Å². The van der Waals surface area contributed by atoms with E-state index in [0.717, 1.165) is 37.9 Å². The summed E-state index contributed by atoms with van der Waals surface area (Å²) in [7, 11) is 0. The number of rotatable bonds is 4. The predicted octanol–water partition coefficient (Wildman–Crippen LogP) is 2.10. The summed E-state index contributed by atoms with van der Waals surface area (Å²) in [4.78, 5) is 14.4. The zero-order valence-corrected chi connectivity index (χ0v) is 15.3. The highest BCUT2D eigenvalue weighted by molar-refractivity contribution is 5.43. The maximum Gasteiger partial charge on any atom is 0.224 e. The van der Waals surface area contributed by atoms with Gasteiger partial charge < -0.3 is 15.5 Å². The largest absolute Gasteiger partial charge is 0.356 e. The van der Waals surface area contributed by atoms with Crippen LogP contribution in [0.3, 0.4) is 0 Å². The van der Waals surface area contributed by atoms with Crippen LogP contribution in [0.2, 0.25) is 0 Å². The first-order chi connectivity index (χ1) is 12.4. The molecule has 2 N–H and O–H groups in total. The number of hydrogen-bond donors (Lipinski definition) is 2. The lowest BCUT2D eigenvalue weighted by molar-refractivity contribution is 0.201. The fourth-order valence-electron chi connectivity index (χ4n) is 4.46. The lowest BCUT2D eigenvalue weighted by Gasteiger charge is -2.31. The second-order valence-corrected chi connectivity index (χ2v) is 7.76. The van der Waals surface area contributed by atoms with Gasteiger partial charge >= 0.3 is 0 Å². The van der Waals surface area contributed by atoms with Crippen molar-refractivity contribution in [2.75, 3.05) is 49.5 Å². The third-order valence-corrected chi connectivity index (χ3v) is 5.91. The van der Waals surface area contributed by atoms with Crippen LogP contribution in [0.25, 0.3) is 0 Å². The number of hydrogen-bond acceptors (Lipinski definition) is 6. The summed E-state index contributed by atoms with van der Waals surface area (Å²) in [6.07, 6.45) is 11.0. The van der Waals surface area contributed by atoms with Crippen LogP contribution in [0.5, 0.6) is 0 Å². The van der Waals surface area contributed by atoms with Gasteiger partial charge in [-0.3, -0.25) is 4.90 Å². The van der Waals surface area contributed by atoms with Crippen LogP contribution < -0.4 is 15.5 Å². The molecule has 3 fully saturated rings. The molecule has 0 aromatic carbocycles. The van der Waals surface area contributed by atoms with Crippen LogP contribution in [0, 0.1) is 0 Å². The smallest absolute Gasteiger partial charge is 0.224 e. The van der Waals surface area contributed by atoms with Crippen molar-refractivity contribution in [2.24, 2.45) is 0 Å². The van der Waals surface area contributed by atoms with Gasteiger partial charge in [-0.15, -0.1) is 0 Å². The van der Waals surface area contributed by atoms with Crippen LogP contribution in [-0.4, -0.2) is 66.2 Å². The molecule has 1 aromatic heterocycles. The summed E-state index contributed by atoms with van der Waals surface area (Å²) < 4.78 is 0. The molecule has 4 rings (SSSR count). The Labute approximate surface area is 151 Å². The van der Waals surface area contributed by atoms with Gasteiger partial charge in [-0.25, -0.2) is 4.98 Å². The fraction of sp³-hybridized carbons (Fsp3) is 0.789. The summed E-state index contributed by atoms with van der Waals surface area (Å²) in [5.74, 6) is 1.89. The van der Waals surface area contributed by atoms with Gasteiger partial charge in [-0.1, -0.05) is 12.8 Å². The molecule has 1 aromatic rings. The quantitative estimate of drug-likeness (QED) is 0.872. The minimum Gasteiger partial charge on any atom is -0.356 e. The van der Waals surface area contributed by atoms with E-state index in [-0.39, 0.29) is 0 Å². The van der Waals surface area contributed by atoms with E-state index < -0.39 is 0 Å². The van der Waals surface area contributed by atoms with E-state index in [9.17, 15) is 0 Å². The molecule has 0 bridgehead atoms. The standard InChI is InChI=1S/C19H32N6/c1-2-4-12-24(11-3-1)18-7-10-21-19(23-18)22-16-8-13-25(15-16)17-6-5-9-20-14-17/h7,10,16-17,20H,1-6,8-9,11-15H2,(H,21,22,23). The molecule has 25 heavy (non-hydrogen) atoms. The Kier molecular flexibility index (Phi) is 5.67. The first-order valence-corrected chi connectivity index (χ1v) is 10.2. The molecule has 2 unspecified atom stereocenters. The van der Waals surface area contributed by atoms with E-state index in [2.05, 4.69) is 31.5 Å². The van der Waals surface area contributed by atoms with Gasteiger partial charge in [0, 0.05) is 51.0 Å². The van der Waals surface area contributed by atoms with Crippen molar-refractivity contribution in [1.82, 2.24) is 20.2 Å². The van der Waals surface area contributed by atoms with E-state index in [1.807, 2.05) is 6.20 Å². The van der Waals surface area contributed by atoms with Crippen LogP contribution in [-0.2, 0) is 0 Å². The van der Waals surface area contributed by atoms with Crippen molar-refractivity contribution in [3.8, 4) is 0 Å². The molecule has 3 aliphatic rings. The second-order valence-electron chi connectivity index (χ2n) is 7.76. The molecular formula is C19H32N6. The van der Waals surface area contributed by atoms with Crippen LogP contribution in [0.15, 0.2) is 12.3 Å². The minimum atomic E-state index is 0.473. The third kappa shape index (κ3) is 4.42. The van der Waals surface area contributed by atoms with Crippen molar-refractivity contribution >= 4 is 11.8 Å². The Morgan fingerprint density at radius 2 is 1.92 bits per heavy atom. The molecule has 0 amide bonds. The van der Waals surface area contributed by atoms with E-state index in [0.29, 0.717) is 12.1 Å². The Bertz CT molecular complexity index is 536. The monoisotopic (exact) mass is 344 g/mol. The average Bonchev–Trinajstić information content (AvgIpc) is 2.95. The SMILES string of the molecule is c1cc(N2CCCCCC2)nc(NC2CCN(C3CCCNC3)C2)n1. The molecule has 3 saturated heterocycles. The zero-order valence-electron chi connectivity index (χ0n) is 15.3. The fourth-order valence-corrected chi connectivity index (χ4v) is 4.46. The van der Waals surface area contributed by atoms with Crippen LogP contribution in [0.1, 0.15) is 44.9 Å². The van der Waals surface area contributed by atoms with Crippen LogP contribution >= 0.6 is 0 Å². The van der Waals surface area contributed by atoms with Crippen molar-refractivity contribution in [3.63, 3.8) is 0 Å². The molecular weight excluding hydrogens is 312 g/mol. The lowest BCUT2D eigenvalue weighted by Crippen LogP contribution is -2.45. The number of piperidine rings is 1. The van der Waals surface area contributed by atoms with E-state index in [4.69, 9.17) is 4.98 Å². The summed E-state index contributed by atoms with van der Waals surface area (Å²) in [5, 5.41) is 7.13. The summed E-state index contributed by atoms with van der Waals surface area (Å²) in [6, 6.07) is 3.25. The Morgan fingerprint density at radius 1 is 1.04 bits per heavy atom. The molecule has 0 spiro atoms. The molecule has 0 aliphatic carbocycles. The average molecular weight is 345 g/mol. The molecule has 4 heterocycles. The number of anilines is 2. The summed E-state index contributed by atoms with van der Waals surface area (Å²) in [5.41, 5.74) is 0. The molecule has 138 valence electrons. The number of nitrogens with zero attached hydrogens (tertiary/aromatic N) is 4. The highest BCUT2D eigenvalue weighted by Gasteiger charge is 2.29. The van der Waals surface area contributed by atoms with E-state index >= 15 is 0 Å². The molecule has 3 aliphatic heterocycles. The topological polar surface area (TPSA) is 56.3 Å². The number of nitrogens with one attached hydrogen (secondary N) is 2. The Morgan fingerprint density at radius 3 is 2.72 bits per heavy atom. The minimum absolute atomic E-state index is 0.473. The lowest BCUT2D eigenvalue weighted by atomic mass is 10.1. The van der Waals surface area contributed by atoms with Crippen molar-refractivity contribution in [1.29, 1.82) is 0 Å². The maximum absolute atomic E-state index is 4.81. The van der Waals surface area contributed by atoms with Gasteiger partial charge in [0.05, 0.1) is 0 Å².